The van der Waals surface area contributed by atoms with E-state index in [9.17, 15) is 14.4 Å². The fourth-order valence-electron chi connectivity index (χ4n) is 3.02. The summed E-state index contributed by atoms with van der Waals surface area (Å²) in [6, 6.07) is 3.01. The zero-order valence-corrected chi connectivity index (χ0v) is 15.9. The maximum atomic E-state index is 12.2. The molecule has 2 aromatic heterocycles. The summed E-state index contributed by atoms with van der Waals surface area (Å²) in [6.45, 7) is 1.72. The highest BCUT2D eigenvalue weighted by Gasteiger charge is 2.29. The van der Waals surface area contributed by atoms with E-state index in [-0.39, 0.29) is 0 Å². The van der Waals surface area contributed by atoms with Gasteiger partial charge in [-0.3, -0.25) is 9.78 Å². The summed E-state index contributed by atoms with van der Waals surface area (Å²) < 4.78 is 9.91. The number of amides is 1. The molecule has 2 heterocycles. The van der Waals surface area contributed by atoms with E-state index in [4.69, 9.17) is 9.47 Å². The van der Waals surface area contributed by atoms with E-state index < -0.39 is 24.5 Å². The van der Waals surface area contributed by atoms with E-state index in [1.165, 1.54) is 43.0 Å². The van der Waals surface area contributed by atoms with Crippen molar-refractivity contribution in [1.82, 2.24) is 4.98 Å². The highest BCUT2D eigenvalue weighted by Crippen LogP contribution is 2.39. The number of pyridine rings is 1. The standard InChI is InChI=1S/C19H20N2O5S/c1-11-3-4-13-14(9-11)27-17(16(13)19(24)25-2)21-15(22)10-26-18(23)12-5-7-20-8-6-12/h5-8,11H,3-4,9-10H2,1-2H3,(H,21,22)/t11-/m1/s1. The van der Waals surface area contributed by atoms with Gasteiger partial charge in [-0.2, -0.15) is 0 Å². The molecule has 27 heavy (non-hydrogen) atoms. The van der Waals surface area contributed by atoms with Crippen molar-refractivity contribution in [3.05, 3.63) is 46.1 Å². The first-order valence-electron chi connectivity index (χ1n) is 8.59. The van der Waals surface area contributed by atoms with E-state index >= 15 is 0 Å². The normalized spacial score (nSPS) is 15.6. The highest BCUT2D eigenvalue weighted by molar-refractivity contribution is 7.17. The van der Waals surface area contributed by atoms with Crippen molar-refractivity contribution in [1.29, 1.82) is 0 Å². The zero-order chi connectivity index (χ0) is 19.4. The van der Waals surface area contributed by atoms with Crippen LogP contribution in [-0.4, -0.2) is 36.5 Å². The lowest BCUT2D eigenvalue weighted by Gasteiger charge is -2.18. The van der Waals surface area contributed by atoms with Gasteiger partial charge in [0, 0.05) is 17.3 Å². The van der Waals surface area contributed by atoms with Crippen LogP contribution < -0.4 is 5.32 Å². The summed E-state index contributed by atoms with van der Waals surface area (Å²) in [6.07, 6.45) is 5.58. The number of rotatable bonds is 5. The van der Waals surface area contributed by atoms with Crippen molar-refractivity contribution in [3.8, 4) is 0 Å². The maximum absolute atomic E-state index is 12.2. The molecule has 3 rings (SSSR count). The molecule has 8 heteroatoms. The minimum Gasteiger partial charge on any atom is -0.465 e. The van der Waals surface area contributed by atoms with Gasteiger partial charge in [0.15, 0.2) is 6.61 Å². The third-order valence-electron chi connectivity index (χ3n) is 4.40. The topological polar surface area (TPSA) is 94.6 Å². The van der Waals surface area contributed by atoms with Crippen LogP contribution >= 0.6 is 11.3 Å². The van der Waals surface area contributed by atoms with Gasteiger partial charge in [0.25, 0.3) is 5.91 Å². The number of thiophene rings is 1. The third-order valence-corrected chi connectivity index (χ3v) is 5.57. The molecular formula is C19H20N2O5S. The Balaban J connectivity index is 1.70. The van der Waals surface area contributed by atoms with Gasteiger partial charge in [0.1, 0.15) is 5.00 Å². The van der Waals surface area contributed by atoms with E-state index in [2.05, 4.69) is 17.2 Å². The summed E-state index contributed by atoms with van der Waals surface area (Å²) in [4.78, 5) is 41.3. The van der Waals surface area contributed by atoms with Gasteiger partial charge in [-0.25, -0.2) is 9.59 Å². The molecule has 1 atom stereocenters. The molecule has 0 spiro atoms. The average molecular weight is 388 g/mol. The molecule has 0 aliphatic heterocycles. The van der Waals surface area contributed by atoms with Gasteiger partial charge in [-0.15, -0.1) is 11.3 Å². The lowest BCUT2D eigenvalue weighted by atomic mass is 9.88. The number of nitrogens with one attached hydrogen (secondary N) is 1. The van der Waals surface area contributed by atoms with E-state index in [1.54, 1.807) is 0 Å². The highest BCUT2D eigenvalue weighted by atomic mass is 32.1. The Hall–Kier alpha value is -2.74. The molecule has 2 aromatic rings. The summed E-state index contributed by atoms with van der Waals surface area (Å²) in [5.41, 5.74) is 1.68. The third kappa shape index (κ3) is 4.33. The Labute approximate surface area is 160 Å². The molecule has 0 bridgehead atoms. The smallest absolute Gasteiger partial charge is 0.341 e. The molecule has 0 aromatic carbocycles. The van der Waals surface area contributed by atoms with Crippen molar-refractivity contribution >= 4 is 34.2 Å². The minimum atomic E-state index is -0.611. The molecule has 1 amide bonds. The number of carbonyl (C=O) groups is 3. The Morgan fingerprint density at radius 3 is 2.70 bits per heavy atom. The fourth-order valence-corrected chi connectivity index (χ4v) is 4.44. The first kappa shape index (κ1) is 19.0. The summed E-state index contributed by atoms with van der Waals surface area (Å²) in [5, 5.41) is 3.14. The fraction of sp³-hybridized carbons (Fsp3) is 0.368. The van der Waals surface area contributed by atoms with Gasteiger partial charge >= 0.3 is 11.9 Å². The van der Waals surface area contributed by atoms with Crippen LogP contribution in [0.1, 0.15) is 44.5 Å². The summed E-state index contributed by atoms with van der Waals surface area (Å²) in [5.74, 6) is -1.05. The van der Waals surface area contributed by atoms with Gasteiger partial charge < -0.3 is 14.8 Å². The number of anilines is 1. The van der Waals surface area contributed by atoms with Crippen LogP contribution in [0.5, 0.6) is 0 Å². The molecule has 7 nitrogen and oxygen atoms in total. The first-order valence-corrected chi connectivity index (χ1v) is 9.41. The van der Waals surface area contributed by atoms with Gasteiger partial charge in [-0.1, -0.05) is 6.92 Å². The largest absolute Gasteiger partial charge is 0.465 e. The Bertz CT molecular complexity index is 862. The Morgan fingerprint density at radius 1 is 1.26 bits per heavy atom. The van der Waals surface area contributed by atoms with Crippen molar-refractivity contribution in [3.63, 3.8) is 0 Å². The lowest BCUT2D eigenvalue weighted by Crippen LogP contribution is -2.22. The second-order valence-corrected chi connectivity index (χ2v) is 7.51. The van der Waals surface area contributed by atoms with Crippen LogP contribution in [0, 0.1) is 5.92 Å². The SMILES string of the molecule is COC(=O)c1c(NC(=O)COC(=O)c2ccncc2)sc2c1CC[C@@H](C)C2. The number of aromatic nitrogens is 1. The summed E-state index contributed by atoms with van der Waals surface area (Å²) >= 11 is 1.39. The minimum absolute atomic E-state index is 0.314. The summed E-state index contributed by atoms with van der Waals surface area (Å²) in [7, 11) is 1.32. The second-order valence-electron chi connectivity index (χ2n) is 6.41. The number of ether oxygens (including phenoxy) is 2. The van der Waals surface area contributed by atoms with Crippen molar-refractivity contribution in [2.45, 2.75) is 26.2 Å². The van der Waals surface area contributed by atoms with Crippen molar-refractivity contribution in [2.24, 2.45) is 5.92 Å². The number of hydrogen-bond acceptors (Lipinski definition) is 7. The van der Waals surface area contributed by atoms with Crippen LogP contribution in [-0.2, 0) is 27.1 Å². The monoisotopic (exact) mass is 388 g/mol. The van der Waals surface area contributed by atoms with Crippen LogP contribution in [0.4, 0.5) is 5.00 Å². The molecule has 0 fully saturated rings. The van der Waals surface area contributed by atoms with E-state index in [0.717, 1.165) is 29.7 Å². The number of methoxy groups -OCH3 is 1. The quantitative estimate of drug-likeness (QED) is 0.792. The predicted molar refractivity (Wildman–Crippen MR) is 100.0 cm³/mol. The van der Waals surface area contributed by atoms with Crippen molar-refractivity contribution < 1.29 is 23.9 Å². The second kappa shape index (κ2) is 8.30. The molecule has 142 valence electrons. The molecule has 1 aliphatic rings. The van der Waals surface area contributed by atoms with Crippen LogP contribution in [0.2, 0.25) is 0 Å². The van der Waals surface area contributed by atoms with Gasteiger partial charge in [-0.05, 0) is 42.9 Å². The molecule has 1 aliphatic carbocycles. The molecule has 0 unspecified atom stereocenters. The number of carbonyl (C=O) groups excluding carboxylic acids is 3. The number of esters is 2. The van der Waals surface area contributed by atoms with Gasteiger partial charge in [0.05, 0.1) is 18.2 Å². The molecule has 0 saturated heterocycles. The maximum Gasteiger partial charge on any atom is 0.341 e. The first-order chi connectivity index (χ1) is 13.0. The Morgan fingerprint density at radius 2 is 2.00 bits per heavy atom. The van der Waals surface area contributed by atoms with E-state index in [1.807, 2.05) is 0 Å². The number of hydrogen-bond donors (Lipinski definition) is 1. The molecule has 0 saturated carbocycles. The van der Waals surface area contributed by atoms with Crippen LogP contribution in [0.25, 0.3) is 0 Å². The molecular weight excluding hydrogens is 368 g/mol. The average Bonchev–Trinajstić information content (AvgIpc) is 3.02. The van der Waals surface area contributed by atoms with Crippen LogP contribution in [0.15, 0.2) is 24.5 Å². The lowest BCUT2D eigenvalue weighted by molar-refractivity contribution is -0.119. The number of fused-ring (bicyclic) bond motifs is 1. The van der Waals surface area contributed by atoms with Crippen molar-refractivity contribution in [2.75, 3.05) is 19.0 Å². The Kier molecular flexibility index (Phi) is 5.85. The van der Waals surface area contributed by atoms with E-state index in [0.29, 0.717) is 22.0 Å². The van der Waals surface area contributed by atoms with Gasteiger partial charge in [0.2, 0.25) is 0 Å². The van der Waals surface area contributed by atoms with Crippen LogP contribution in [0.3, 0.4) is 0 Å². The number of nitrogens with zero attached hydrogens (tertiary/aromatic N) is 1. The predicted octanol–water partition coefficient (Wildman–Crippen LogP) is 2.85. The molecule has 0 radical (unpaired) electrons. The zero-order valence-electron chi connectivity index (χ0n) is 15.1. The molecule has 1 N–H and O–H groups in total.